The summed E-state index contributed by atoms with van der Waals surface area (Å²) < 4.78 is 77.8. The van der Waals surface area contributed by atoms with Crippen molar-refractivity contribution in [1.82, 2.24) is 4.57 Å². The number of oxime groups is 1. The Balaban J connectivity index is 1.70. The second kappa shape index (κ2) is 9.41. The predicted octanol–water partition coefficient (Wildman–Crippen LogP) is 4.41. The molecule has 0 atom stereocenters. The monoisotopic (exact) mass is 483 g/mol. The van der Waals surface area contributed by atoms with Crippen molar-refractivity contribution in [3.63, 3.8) is 0 Å². The molecule has 3 aromatic rings. The molecule has 34 heavy (non-hydrogen) atoms. The summed E-state index contributed by atoms with van der Waals surface area (Å²) in [5.41, 5.74) is 3.45. The van der Waals surface area contributed by atoms with E-state index in [1.165, 1.54) is 24.3 Å². The van der Waals surface area contributed by atoms with Crippen LogP contribution in [0.3, 0.4) is 0 Å². The maximum Gasteiger partial charge on any atom is 0.417 e. The van der Waals surface area contributed by atoms with E-state index >= 15 is 0 Å². The Morgan fingerprint density at radius 3 is 2.15 bits per heavy atom. The van der Waals surface area contributed by atoms with Gasteiger partial charge in [-0.25, -0.2) is 4.79 Å². The molecule has 1 aromatic heterocycles. The van der Waals surface area contributed by atoms with Crippen LogP contribution in [0.15, 0.2) is 76.8 Å². The number of nitrogens with two attached hydrogens (primary N) is 1. The number of benzene rings is 2. The number of pyridine rings is 1. The Hall–Kier alpha value is -4.09. The van der Waals surface area contributed by atoms with Crippen molar-refractivity contribution in [1.29, 1.82) is 0 Å². The lowest BCUT2D eigenvalue weighted by atomic mass is 10.1. The number of nitrogens with zero attached hydrogens (tertiary/aromatic N) is 2. The van der Waals surface area contributed by atoms with Crippen LogP contribution in [0.25, 0.3) is 0 Å². The number of hydrogen-bond donors (Lipinski definition) is 1. The molecule has 0 saturated heterocycles. The van der Waals surface area contributed by atoms with Crippen LogP contribution < -0.4 is 11.3 Å². The van der Waals surface area contributed by atoms with Crippen molar-refractivity contribution >= 4 is 11.8 Å². The summed E-state index contributed by atoms with van der Waals surface area (Å²) >= 11 is 0. The van der Waals surface area contributed by atoms with Crippen LogP contribution in [-0.4, -0.2) is 16.4 Å². The molecule has 178 valence electrons. The molecule has 0 saturated carbocycles. The summed E-state index contributed by atoms with van der Waals surface area (Å²) in [6, 6.07) is 10.9. The summed E-state index contributed by atoms with van der Waals surface area (Å²) in [5, 5.41) is 3.41. The summed E-state index contributed by atoms with van der Waals surface area (Å²) in [6.07, 6.45) is -8.53. The molecule has 0 amide bonds. The molecular formula is C22H15F6N3O3. The van der Waals surface area contributed by atoms with Crippen LogP contribution in [0, 0.1) is 0 Å². The standard InChI is InChI=1S/C22H15F6N3O3/c23-21(24,25)16-3-1-2-15(10-16)20(33)34-30-19(29)14-6-4-13(5-7-14)11-31-12-17(22(26,27)28)8-9-18(31)32/h1-10,12H,11H2,(H2,29,30). The Kier molecular flexibility index (Phi) is 6.80. The van der Waals surface area contributed by atoms with E-state index in [0.717, 1.165) is 28.8 Å². The van der Waals surface area contributed by atoms with Gasteiger partial charge in [0.25, 0.3) is 5.56 Å². The molecule has 6 nitrogen and oxygen atoms in total. The van der Waals surface area contributed by atoms with E-state index in [-0.39, 0.29) is 23.5 Å². The minimum atomic E-state index is -4.64. The minimum absolute atomic E-state index is 0.148. The fourth-order valence-corrected chi connectivity index (χ4v) is 2.82. The SMILES string of the molecule is NC(=NOC(=O)c1cccc(C(F)(F)F)c1)c1ccc(Cn2cc(C(F)(F)F)ccc2=O)cc1. The molecule has 12 heteroatoms. The van der Waals surface area contributed by atoms with E-state index in [1.54, 1.807) is 0 Å². The van der Waals surface area contributed by atoms with Crippen molar-refractivity contribution in [2.45, 2.75) is 18.9 Å². The molecule has 0 unspecified atom stereocenters. The molecule has 1 heterocycles. The van der Waals surface area contributed by atoms with Crippen molar-refractivity contribution < 1.29 is 36.0 Å². The zero-order valence-electron chi connectivity index (χ0n) is 17.0. The molecule has 0 fully saturated rings. The third kappa shape index (κ3) is 6.03. The number of alkyl halides is 6. The molecular weight excluding hydrogens is 468 g/mol. The van der Waals surface area contributed by atoms with Crippen molar-refractivity contribution in [3.8, 4) is 0 Å². The average molecular weight is 483 g/mol. The van der Waals surface area contributed by atoms with Crippen molar-refractivity contribution in [3.05, 3.63) is 105 Å². The first-order valence-electron chi connectivity index (χ1n) is 9.43. The molecule has 3 rings (SSSR count). The first-order valence-corrected chi connectivity index (χ1v) is 9.43. The van der Waals surface area contributed by atoms with E-state index in [1.807, 2.05) is 0 Å². The molecule has 0 spiro atoms. The summed E-state index contributed by atoms with van der Waals surface area (Å²) in [6.45, 7) is -0.148. The summed E-state index contributed by atoms with van der Waals surface area (Å²) in [4.78, 5) is 28.5. The van der Waals surface area contributed by atoms with E-state index in [2.05, 4.69) is 9.99 Å². The number of amidine groups is 1. The summed E-state index contributed by atoms with van der Waals surface area (Å²) in [5.74, 6) is -1.43. The number of halogens is 6. The van der Waals surface area contributed by atoms with E-state index in [4.69, 9.17) is 5.73 Å². The fraction of sp³-hybridized carbons (Fsp3) is 0.136. The molecule has 0 aliphatic heterocycles. The highest BCUT2D eigenvalue weighted by atomic mass is 19.4. The van der Waals surface area contributed by atoms with Gasteiger partial charge in [-0.1, -0.05) is 35.5 Å². The van der Waals surface area contributed by atoms with Crippen LogP contribution in [0.1, 0.15) is 32.6 Å². The van der Waals surface area contributed by atoms with Crippen LogP contribution in [0.5, 0.6) is 0 Å². The van der Waals surface area contributed by atoms with Crippen molar-refractivity contribution in [2.24, 2.45) is 10.9 Å². The molecule has 0 aliphatic carbocycles. The van der Waals surface area contributed by atoms with E-state index in [0.29, 0.717) is 23.9 Å². The van der Waals surface area contributed by atoms with Crippen LogP contribution in [-0.2, 0) is 23.7 Å². The third-order valence-electron chi connectivity index (χ3n) is 4.57. The maximum absolute atomic E-state index is 12.9. The molecule has 2 N–H and O–H groups in total. The maximum atomic E-state index is 12.9. The highest BCUT2D eigenvalue weighted by Gasteiger charge is 2.31. The van der Waals surface area contributed by atoms with Crippen LogP contribution in [0.4, 0.5) is 26.3 Å². The fourth-order valence-electron chi connectivity index (χ4n) is 2.82. The largest absolute Gasteiger partial charge is 0.417 e. The average Bonchev–Trinajstić information content (AvgIpc) is 2.78. The van der Waals surface area contributed by atoms with Gasteiger partial charge in [-0.2, -0.15) is 26.3 Å². The van der Waals surface area contributed by atoms with Gasteiger partial charge < -0.3 is 15.1 Å². The topological polar surface area (TPSA) is 86.7 Å². The normalized spacial score (nSPS) is 12.5. The zero-order chi connectivity index (χ0) is 25.1. The quantitative estimate of drug-likeness (QED) is 0.192. The summed E-state index contributed by atoms with van der Waals surface area (Å²) in [7, 11) is 0. The first kappa shape index (κ1) is 24.6. The van der Waals surface area contributed by atoms with Gasteiger partial charge in [-0.15, -0.1) is 0 Å². The highest BCUT2D eigenvalue weighted by molar-refractivity contribution is 5.98. The Bertz CT molecular complexity index is 1280. The van der Waals surface area contributed by atoms with Gasteiger partial charge in [0.05, 0.1) is 23.2 Å². The van der Waals surface area contributed by atoms with E-state index in [9.17, 15) is 35.9 Å². The lowest BCUT2D eigenvalue weighted by Crippen LogP contribution is -2.22. The molecule has 0 bridgehead atoms. The van der Waals surface area contributed by atoms with Gasteiger partial charge in [-0.3, -0.25) is 4.79 Å². The Morgan fingerprint density at radius 1 is 0.882 bits per heavy atom. The van der Waals surface area contributed by atoms with Crippen molar-refractivity contribution in [2.75, 3.05) is 0 Å². The Morgan fingerprint density at radius 2 is 1.53 bits per heavy atom. The second-order valence-corrected chi connectivity index (χ2v) is 7.01. The van der Waals surface area contributed by atoms with Gasteiger partial charge in [0.2, 0.25) is 0 Å². The highest BCUT2D eigenvalue weighted by Crippen LogP contribution is 2.30. The number of carbonyl (C=O) groups excluding carboxylic acids is 1. The molecule has 0 aliphatic rings. The number of aromatic nitrogens is 1. The van der Waals surface area contributed by atoms with E-state index < -0.39 is 35.0 Å². The molecule has 0 radical (unpaired) electrons. The number of carbonyl (C=O) groups is 1. The lowest BCUT2D eigenvalue weighted by molar-refractivity contribution is -0.138. The smallest absolute Gasteiger partial charge is 0.380 e. The third-order valence-corrected chi connectivity index (χ3v) is 4.57. The van der Waals surface area contributed by atoms with Crippen LogP contribution >= 0.6 is 0 Å². The van der Waals surface area contributed by atoms with Gasteiger partial charge in [-0.05, 0) is 29.8 Å². The second-order valence-electron chi connectivity index (χ2n) is 7.01. The zero-order valence-corrected chi connectivity index (χ0v) is 17.0. The Labute approximate surface area is 187 Å². The van der Waals surface area contributed by atoms with Gasteiger partial charge in [0.1, 0.15) is 0 Å². The number of hydrogen-bond acceptors (Lipinski definition) is 4. The molecule has 2 aromatic carbocycles. The minimum Gasteiger partial charge on any atom is -0.380 e. The van der Waals surface area contributed by atoms with Crippen LogP contribution in [0.2, 0.25) is 0 Å². The van der Waals surface area contributed by atoms with Gasteiger partial charge in [0, 0.05) is 17.8 Å². The van der Waals surface area contributed by atoms with Gasteiger partial charge >= 0.3 is 18.3 Å². The number of rotatable bonds is 5. The van der Waals surface area contributed by atoms with Gasteiger partial charge in [0.15, 0.2) is 5.84 Å². The predicted molar refractivity (Wildman–Crippen MR) is 109 cm³/mol. The first-order chi connectivity index (χ1) is 15.8. The lowest BCUT2D eigenvalue weighted by Gasteiger charge is -2.11.